The molecule has 1 aromatic carbocycles. The maximum atomic E-state index is 12.1. The molecule has 0 radical (unpaired) electrons. The Morgan fingerprint density at radius 1 is 1.28 bits per heavy atom. The number of rotatable bonds is 6. The zero-order valence-corrected chi connectivity index (χ0v) is 13.3. The van der Waals surface area contributed by atoms with Gasteiger partial charge in [-0.1, -0.05) is 6.07 Å². The summed E-state index contributed by atoms with van der Waals surface area (Å²) in [5.41, 5.74) is 8.57. The summed E-state index contributed by atoms with van der Waals surface area (Å²) < 4.78 is 5.48. The van der Waals surface area contributed by atoms with E-state index < -0.39 is 29.1 Å². The number of primary amides is 1. The largest absolute Gasteiger partial charge is 0.491 e. The summed E-state index contributed by atoms with van der Waals surface area (Å²) in [6, 6.07) is 5.79. The molecule has 2 aromatic rings. The fourth-order valence-electron chi connectivity index (χ4n) is 1.97. The van der Waals surface area contributed by atoms with Crippen LogP contribution in [0.3, 0.4) is 0 Å². The van der Waals surface area contributed by atoms with E-state index in [2.05, 4.69) is 10.3 Å². The molecule has 0 saturated carbocycles. The summed E-state index contributed by atoms with van der Waals surface area (Å²) in [6.45, 7) is 1.72. The zero-order valence-electron chi connectivity index (χ0n) is 13.3. The zero-order chi connectivity index (χ0) is 18.6. The molecule has 132 valence electrons. The van der Waals surface area contributed by atoms with Gasteiger partial charge >= 0.3 is 5.69 Å². The highest BCUT2D eigenvalue weighted by Gasteiger charge is 2.16. The average molecular weight is 347 g/mol. The highest BCUT2D eigenvalue weighted by molar-refractivity contribution is 5.97. The number of carbonyl (C=O) groups excluding carboxylic acids is 2. The van der Waals surface area contributed by atoms with Gasteiger partial charge in [0.15, 0.2) is 0 Å². The molecule has 2 rings (SSSR count). The Bertz CT molecular complexity index is 917. The summed E-state index contributed by atoms with van der Waals surface area (Å²) in [5.74, 6) is -0.898. The van der Waals surface area contributed by atoms with Crippen LogP contribution in [0.25, 0.3) is 0 Å². The van der Waals surface area contributed by atoms with E-state index in [0.29, 0.717) is 11.3 Å². The fourth-order valence-corrected chi connectivity index (χ4v) is 1.97. The minimum absolute atomic E-state index is 0.0707. The SMILES string of the molecule is CC(COc1cccc(C(N)=O)c1)NC(=O)c1[nH]c(=O)[nH]c(=O)c1N. The number of benzene rings is 1. The van der Waals surface area contributed by atoms with Crippen molar-refractivity contribution in [2.45, 2.75) is 13.0 Å². The van der Waals surface area contributed by atoms with Gasteiger partial charge in [0.1, 0.15) is 23.7 Å². The van der Waals surface area contributed by atoms with Crippen molar-refractivity contribution in [2.75, 3.05) is 12.3 Å². The van der Waals surface area contributed by atoms with Crippen molar-refractivity contribution in [3.8, 4) is 5.75 Å². The number of nitrogen functional groups attached to an aromatic ring is 1. The second kappa shape index (κ2) is 7.34. The molecule has 0 spiro atoms. The first-order valence-corrected chi connectivity index (χ1v) is 7.23. The number of H-pyrrole nitrogens is 2. The van der Waals surface area contributed by atoms with Crippen LogP contribution in [-0.2, 0) is 0 Å². The van der Waals surface area contributed by atoms with Gasteiger partial charge in [-0.3, -0.25) is 19.4 Å². The fraction of sp³-hybridized carbons (Fsp3) is 0.200. The number of hydrogen-bond acceptors (Lipinski definition) is 6. The predicted octanol–water partition coefficient (Wildman–Crippen LogP) is -1.06. The first-order valence-electron chi connectivity index (χ1n) is 7.23. The summed E-state index contributed by atoms with van der Waals surface area (Å²) in [4.78, 5) is 50.0. The normalized spacial score (nSPS) is 11.6. The Kier molecular flexibility index (Phi) is 5.22. The number of nitrogens with one attached hydrogen (secondary N) is 3. The molecule has 0 saturated heterocycles. The number of amides is 2. The quantitative estimate of drug-likeness (QED) is 0.445. The van der Waals surface area contributed by atoms with E-state index in [-0.39, 0.29) is 18.0 Å². The monoisotopic (exact) mass is 347 g/mol. The number of ether oxygens (including phenoxy) is 1. The predicted molar refractivity (Wildman–Crippen MR) is 89.5 cm³/mol. The molecule has 0 bridgehead atoms. The van der Waals surface area contributed by atoms with Gasteiger partial charge in [0.2, 0.25) is 5.91 Å². The van der Waals surface area contributed by atoms with Gasteiger partial charge in [-0.25, -0.2) is 4.79 Å². The molecule has 2 amide bonds. The van der Waals surface area contributed by atoms with Crippen LogP contribution in [-0.4, -0.2) is 34.4 Å². The molecule has 0 fully saturated rings. The van der Waals surface area contributed by atoms with E-state index in [1.807, 2.05) is 4.98 Å². The number of nitrogens with two attached hydrogens (primary N) is 2. The van der Waals surface area contributed by atoms with E-state index in [1.54, 1.807) is 25.1 Å². The van der Waals surface area contributed by atoms with E-state index in [0.717, 1.165) is 0 Å². The number of aromatic nitrogens is 2. The van der Waals surface area contributed by atoms with E-state index in [4.69, 9.17) is 16.2 Å². The maximum Gasteiger partial charge on any atom is 0.326 e. The van der Waals surface area contributed by atoms with Crippen LogP contribution >= 0.6 is 0 Å². The third-order valence-electron chi connectivity index (χ3n) is 3.20. The molecule has 0 aliphatic carbocycles. The third-order valence-corrected chi connectivity index (χ3v) is 3.20. The van der Waals surface area contributed by atoms with Crippen molar-refractivity contribution in [1.29, 1.82) is 0 Å². The van der Waals surface area contributed by atoms with Crippen LogP contribution in [0.5, 0.6) is 5.75 Å². The van der Waals surface area contributed by atoms with Crippen LogP contribution in [0.15, 0.2) is 33.9 Å². The highest BCUT2D eigenvalue weighted by atomic mass is 16.5. The van der Waals surface area contributed by atoms with Crippen LogP contribution in [0, 0.1) is 0 Å². The van der Waals surface area contributed by atoms with Crippen LogP contribution in [0.2, 0.25) is 0 Å². The smallest absolute Gasteiger partial charge is 0.326 e. The number of carbonyl (C=O) groups is 2. The lowest BCUT2D eigenvalue weighted by molar-refractivity contribution is 0.0921. The lowest BCUT2D eigenvalue weighted by Crippen LogP contribution is -2.40. The molecule has 1 aromatic heterocycles. The van der Waals surface area contributed by atoms with Crippen molar-refractivity contribution in [3.63, 3.8) is 0 Å². The first-order chi connectivity index (χ1) is 11.8. The number of aromatic amines is 2. The second-order valence-corrected chi connectivity index (χ2v) is 5.27. The Labute approximate surface area is 141 Å². The van der Waals surface area contributed by atoms with Gasteiger partial charge in [0, 0.05) is 5.56 Å². The van der Waals surface area contributed by atoms with Crippen molar-refractivity contribution in [3.05, 3.63) is 56.4 Å². The lowest BCUT2D eigenvalue weighted by atomic mass is 10.2. The average Bonchev–Trinajstić information content (AvgIpc) is 2.56. The van der Waals surface area contributed by atoms with Crippen LogP contribution < -0.4 is 32.8 Å². The van der Waals surface area contributed by atoms with Crippen molar-refractivity contribution in [2.24, 2.45) is 5.73 Å². The Hall–Kier alpha value is -3.56. The molecule has 0 aliphatic rings. The van der Waals surface area contributed by atoms with Crippen molar-refractivity contribution < 1.29 is 14.3 Å². The summed E-state index contributed by atoms with van der Waals surface area (Å²) in [7, 11) is 0. The summed E-state index contributed by atoms with van der Waals surface area (Å²) >= 11 is 0. The maximum absolute atomic E-state index is 12.1. The molecule has 10 heteroatoms. The molecule has 1 unspecified atom stereocenters. The molecule has 7 N–H and O–H groups in total. The highest BCUT2D eigenvalue weighted by Crippen LogP contribution is 2.13. The molecule has 0 aliphatic heterocycles. The number of anilines is 1. The van der Waals surface area contributed by atoms with Crippen molar-refractivity contribution in [1.82, 2.24) is 15.3 Å². The van der Waals surface area contributed by atoms with E-state index >= 15 is 0 Å². The molecule has 10 nitrogen and oxygen atoms in total. The van der Waals surface area contributed by atoms with E-state index in [1.165, 1.54) is 6.07 Å². The van der Waals surface area contributed by atoms with Gasteiger partial charge in [0.05, 0.1) is 6.04 Å². The molecular formula is C15H17N5O5. The Morgan fingerprint density at radius 2 is 2.00 bits per heavy atom. The topological polar surface area (TPSA) is 173 Å². The Balaban J connectivity index is 2.01. The summed E-state index contributed by atoms with van der Waals surface area (Å²) in [5, 5.41) is 2.54. The molecule has 25 heavy (non-hydrogen) atoms. The lowest BCUT2D eigenvalue weighted by Gasteiger charge is -2.15. The van der Waals surface area contributed by atoms with Gasteiger partial charge < -0.3 is 26.5 Å². The standard InChI is InChI=1S/C15H17N5O5/c1-7(6-25-9-4-2-3-8(5-9)12(17)21)18-14(23)11-10(16)13(22)20-15(24)19-11/h2-5,7H,6,16H2,1H3,(H2,17,21)(H,18,23)(H2,19,20,22,24). The Morgan fingerprint density at radius 3 is 2.68 bits per heavy atom. The van der Waals surface area contributed by atoms with Gasteiger partial charge in [0.25, 0.3) is 11.5 Å². The minimum Gasteiger partial charge on any atom is -0.491 e. The molecular weight excluding hydrogens is 330 g/mol. The van der Waals surface area contributed by atoms with Crippen molar-refractivity contribution >= 4 is 17.5 Å². The minimum atomic E-state index is -0.846. The first kappa shape index (κ1) is 17.8. The number of hydrogen-bond donors (Lipinski definition) is 5. The van der Waals surface area contributed by atoms with Gasteiger partial charge in [-0.2, -0.15) is 0 Å². The summed E-state index contributed by atoms with van der Waals surface area (Å²) in [6.07, 6.45) is 0. The third kappa shape index (κ3) is 4.47. The molecule has 1 atom stereocenters. The van der Waals surface area contributed by atoms with Gasteiger partial charge in [-0.15, -0.1) is 0 Å². The van der Waals surface area contributed by atoms with E-state index in [9.17, 15) is 19.2 Å². The van der Waals surface area contributed by atoms with Crippen LogP contribution in [0.4, 0.5) is 5.69 Å². The molecule has 1 heterocycles. The van der Waals surface area contributed by atoms with Gasteiger partial charge in [-0.05, 0) is 25.1 Å². The second-order valence-electron chi connectivity index (χ2n) is 5.27. The van der Waals surface area contributed by atoms with Crippen LogP contribution in [0.1, 0.15) is 27.8 Å².